The Morgan fingerprint density at radius 2 is 1.73 bits per heavy atom. The van der Waals surface area contributed by atoms with Gasteiger partial charge in [-0.1, -0.05) is 53.5 Å². The van der Waals surface area contributed by atoms with Gasteiger partial charge in [0, 0.05) is 37.5 Å². The lowest BCUT2D eigenvalue weighted by atomic mass is 10.0. The Hall–Kier alpha value is -3.47. The quantitative estimate of drug-likeness (QED) is 0.307. The molecule has 0 bridgehead atoms. The topological polar surface area (TPSA) is 57.2 Å². The number of amides is 1. The third-order valence-electron chi connectivity index (χ3n) is 5.83. The fraction of sp³-hybridized carbons (Fsp3) is 0.0741. The summed E-state index contributed by atoms with van der Waals surface area (Å²) >= 11 is 13.0. The predicted octanol–water partition coefficient (Wildman–Crippen LogP) is 6.72. The summed E-state index contributed by atoms with van der Waals surface area (Å²) in [6.45, 7) is 0.528. The van der Waals surface area contributed by atoms with Crippen LogP contribution in [0, 0.1) is 6.07 Å². The van der Waals surface area contributed by atoms with E-state index >= 15 is 0 Å². The standard InChI is InChI=1S/C27H19Cl2N2O2/c1-33-24-11-3-2-6-17(24)15-31-22-10-4-7-19(27(30)32)26(22)18-13-12-16(14-23(18)31)25-20(28)8-5-9-21(25)29/h2-12,14H,15H2,1H3,(H2,30,32). The van der Waals surface area contributed by atoms with Crippen LogP contribution in [0.4, 0.5) is 0 Å². The molecule has 5 rings (SSSR count). The van der Waals surface area contributed by atoms with Crippen LogP contribution in [0.3, 0.4) is 0 Å². The molecule has 0 aliphatic heterocycles. The van der Waals surface area contributed by atoms with Crippen molar-refractivity contribution in [1.29, 1.82) is 0 Å². The Morgan fingerprint density at radius 3 is 2.45 bits per heavy atom. The molecule has 33 heavy (non-hydrogen) atoms. The number of para-hydroxylation sites is 1. The van der Waals surface area contributed by atoms with E-state index < -0.39 is 5.91 Å². The Morgan fingerprint density at radius 1 is 1.00 bits per heavy atom. The maximum absolute atomic E-state index is 12.2. The number of carbonyl (C=O) groups is 1. The Kier molecular flexibility index (Phi) is 5.49. The molecular formula is C27H19Cl2N2O2. The molecule has 1 aromatic heterocycles. The Bertz CT molecular complexity index is 1520. The number of halogens is 2. The van der Waals surface area contributed by atoms with Gasteiger partial charge >= 0.3 is 0 Å². The first-order valence-corrected chi connectivity index (χ1v) is 11.1. The molecule has 4 aromatic carbocycles. The number of rotatable bonds is 5. The van der Waals surface area contributed by atoms with Crippen molar-refractivity contribution in [2.24, 2.45) is 5.73 Å². The molecule has 1 heterocycles. The molecule has 0 saturated heterocycles. The largest absolute Gasteiger partial charge is 0.496 e. The first-order valence-electron chi connectivity index (χ1n) is 10.3. The van der Waals surface area contributed by atoms with Crippen molar-refractivity contribution < 1.29 is 9.53 Å². The summed E-state index contributed by atoms with van der Waals surface area (Å²) in [6.07, 6.45) is 0. The summed E-state index contributed by atoms with van der Waals surface area (Å²) in [6, 6.07) is 26.1. The van der Waals surface area contributed by atoms with Crippen molar-refractivity contribution in [1.82, 2.24) is 4.57 Å². The maximum atomic E-state index is 12.2. The lowest BCUT2D eigenvalue weighted by Gasteiger charge is -2.13. The summed E-state index contributed by atoms with van der Waals surface area (Å²) in [7, 11) is 1.65. The predicted molar refractivity (Wildman–Crippen MR) is 134 cm³/mol. The minimum Gasteiger partial charge on any atom is -0.496 e. The fourth-order valence-corrected chi connectivity index (χ4v) is 4.97. The zero-order chi connectivity index (χ0) is 23.1. The summed E-state index contributed by atoms with van der Waals surface area (Å²) in [5, 5.41) is 2.69. The van der Waals surface area contributed by atoms with Crippen LogP contribution in [-0.4, -0.2) is 17.6 Å². The third-order valence-corrected chi connectivity index (χ3v) is 6.46. The van der Waals surface area contributed by atoms with Gasteiger partial charge in [0.25, 0.3) is 0 Å². The summed E-state index contributed by atoms with van der Waals surface area (Å²) in [5.74, 6) is 0.302. The van der Waals surface area contributed by atoms with Crippen LogP contribution in [-0.2, 0) is 6.54 Å². The molecule has 0 saturated carbocycles. The van der Waals surface area contributed by atoms with Gasteiger partial charge < -0.3 is 15.0 Å². The number of nitrogens with two attached hydrogens (primary N) is 1. The van der Waals surface area contributed by atoms with Crippen LogP contribution in [0.25, 0.3) is 32.9 Å². The highest BCUT2D eigenvalue weighted by Gasteiger charge is 2.19. The molecule has 0 aliphatic carbocycles. The lowest BCUT2D eigenvalue weighted by molar-refractivity contribution is 0.100. The molecule has 0 unspecified atom stereocenters. The monoisotopic (exact) mass is 473 g/mol. The van der Waals surface area contributed by atoms with Crippen molar-refractivity contribution in [3.63, 3.8) is 0 Å². The maximum Gasteiger partial charge on any atom is 0.249 e. The second kappa shape index (κ2) is 8.47. The van der Waals surface area contributed by atoms with E-state index in [0.29, 0.717) is 22.2 Å². The summed E-state index contributed by atoms with van der Waals surface area (Å²) in [5.41, 5.74) is 10.5. The Labute approximate surface area is 201 Å². The highest BCUT2D eigenvalue weighted by atomic mass is 35.5. The van der Waals surface area contributed by atoms with Gasteiger partial charge in [-0.2, -0.15) is 0 Å². The highest BCUT2D eigenvalue weighted by molar-refractivity contribution is 6.39. The van der Waals surface area contributed by atoms with Crippen molar-refractivity contribution in [2.75, 3.05) is 7.11 Å². The average molecular weight is 474 g/mol. The van der Waals surface area contributed by atoms with Gasteiger partial charge in [-0.15, -0.1) is 0 Å². The van der Waals surface area contributed by atoms with Gasteiger partial charge in [-0.3, -0.25) is 4.79 Å². The van der Waals surface area contributed by atoms with Crippen LogP contribution >= 0.6 is 23.2 Å². The molecule has 0 aliphatic rings. The number of primary amides is 1. The molecule has 163 valence electrons. The normalized spacial score (nSPS) is 11.2. The number of carbonyl (C=O) groups excluding carboxylic acids is 1. The van der Waals surface area contributed by atoms with Crippen molar-refractivity contribution >= 4 is 50.9 Å². The SMILES string of the molecule is COc1ccccc1Cn1c2cc(-c3c(Cl)cccc3Cl)c[c]c2c2c(C(N)=O)cccc21. The summed E-state index contributed by atoms with van der Waals surface area (Å²) in [4.78, 5) is 12.2. The lowest BCUT2D eigenvalue weighted by Crippen LogP contribution is -2.11. The van der Waals surface area contributed by atoms with E-state index in [1.165, 1.54) is 0 Å². The van der Waals surface area contributed by atoms with Crippen molar-refractivity contribution in [3.8, 4) is 16.9 Å². The van der Waals surface area contributed by atoms with Gasteiger partial charge in [0.2, 0.25) is 5.91 Å². The molecular weight excluding hydrogens is 455 g/mol. The zero-order valence-corrected chi connectivity index (χ0v) is 19.2. The van der Waals surface area contributed by atoms with Crippen LogP contribution in [0.15, 0.2) is 72.8 Å². The minimum atomic E-state index is -0.483. The molecule has 1 radical (unpaired) electrons. The smallest absolute Gasteiger partial charge is 0.249 e. The summed E-state index contributed by atoms with van der Waals surface area (Å²) < 4.78 is 7.71. The van der Waals surface area contributed by atoms with Crippen LogP contribution in [0.5, 0.6) is 5.75 Å². The molecule has 1 amide bonds. The number of fused-ring (bicyclic) bond motifs is 3. The molecule has 6 heteroatoms. The molecule has 0 fully saturated rings. The molecule has 4 nitrogen and oxygen atoms in total. The van der Waals surface area contributed by atoms with Crippen LogP contribution in [0.2, 0.25) is 10.0 Å². The van der Waals surface area contributed by atoms with E-state index in [1.807, 2.05) is 66.7 Å². The van der Waals surface area contributed by atoms with E-state index in [2.05, 4.69) is 10.6 Å². The number of nitrogens with zero attached hydrogens (tertiary/aromatic N) is 1. The number of methoxy groups -OCH3 is 1. The number of aromatic nitrogens is 1. The van der Waals surface area contributed by atoms with E-state index in [0.717, 1.165) is 44.2 Å². The molecule has 5 aromatic rings. The minimum absolute atomic E-state index is 0.455. The van der Waals surface area contributed by atoms with E-state index in [4.69, 9.17) is 33.7 Å². The number of benzene rings is 4. The third kappa shape index (κ3) is 3.62. The van der Waals surface area contributed by atoms with E-state index in [9.17, 15) is 4.79 Å². The number of ether oxygens (including phenoxy) is 1. The molecule has 0 atom stereocenters. The number of hydrogen-bond donors (Lipinski definition) is 1. The highest BCUT2D eigenvalue weighted by Crippen LogP contribution is 2.39. The number of hydrogen-bond acceptors (Lipinski definition) is 2. The van der Waals surface area contributed by atoms with Crippen LogP contribution in [0.1, 0.15) is 15.9 Å². The first-order chi connectivity index (χ1) is 16.0. The second-order valence-corrected chi connectivity index (χ2v) is 8.52. The van der Waals surface area contributed by atoms with Crippen molar-refractivity contribution in [2.45, 2.75) is 6.54 Å². The zero-order valence-electron chi connectivity index (χ0n) is 17.7. The average Bonchev–Trinajstić information content (AvgIpc) is 3.12. The van der Waals surface area contributed by atoms with E-state index in [-0.39, 0.29) is 0 Å². The van der Waals surface area contributed by atoms with Gasteiger partial charge in [-0.25, -0.2) is 0 Å². The van der Waals surface area contributed by atoms with Gasteiger partial charge in [-0.05, 0) is 54.1 Å². The molecule has 2 N–H and O–H groups in total. The second-order valence-electron chi connectivity index (χ2n) is 7.71. The molecule has 0 spiro atoms. The van der Waals surface area contributed by atoms with Gasteiger partial charge in [0.05, 0.1) is 24.7 Å². The first kappa shape index (κ1) is 21.4. The fourth-order valence-electron chi connectivity index (χ4n) is 4.35. The van der Waals surface area contributed by atoms with E-state index in [1.54, 1.807) is 13.2 Å². The van der Waals surface area contributed by atoms with Gasteiger partial charge in [0.15, 0.2) is 0 Å². The van der Waals surface area contributed by atoms with Crippen LogP contribution < -0.4 is 10.5 Å². The van der Waals surface area contributed by atoms with Crippen molar-refractivity contribution in [3.05, 3.63) is 100 Å². The van der Waals surface area contributed by atoms with Gasteiger partial charge in [0.1, 0.15) is 5.75 Å². The Balaban J connectivity index is 1.84.